The van der Waals surface area contributed by atoms with E-state index in [9.17, 15) is 4.79 Å². The zero-order valence-corrected chi connectivity index (χ0v) is 10.9. The van der Waals surface area contributed by atoms with Crippen LogP contribution < -0.4 is 0 Å². The topological polar surface area (TPSA) is 17.1 Å². The zero-order valence-electron chi connectivity index (χ0n) is 10.2. The van der Waals surface area contributed by atoms with Crippen molar-refractivity contribution in [3.8, 4) is 0 Å². The third-order valence-corrected chi connectivity index (χ3v) is 3.51. The molecule has 0 fully saturated rings. The lowest BCUT2D eigenvalue weighted by Crippen LogP contribution is -2.26. The monoisotopic (exact) mass is 238 g/mol. The van der Waals surface area contributed by atoms with Gasteiger partial charge in [-0.25, -0.2) is 0 Å². The van der Waals surface area contributed by atoms with Gasteiger partial charge in [0.25, 0.3) is 0 Å². The van der Waals surface area contributed by atoms with Crippen molar-refractivity contribution < 1.29 is 4.79 Å². The average molecular weight is 239 g/mol. The predicted octanol–water partition coefficient (Wildman–Crippen LogP) is 4.25. The molecule has 1 aliphatic rings. The molecule has 0 N–H and O–H groups in total. The minimum absolute atomic E-state index is 0.272. The summed E-state index contributed by atoms with van der Waals surface area (Å²) in [5, 5.41) is 0.490. The van der Waals surface area contributed by atoms with Crippen molar-refractivity contribution in [2.75, 3.05) is 0 Å². The Morgan fingerprint density at radius 2 is 2.25 bits per heavy atom. The minimum atomic E-state index is 0.272. The lowest BCUT2D eigenvalue weighted by atomic mass is 9.68. The molecule has 0 spiro atoms. The molecule has 0 aromatic heterocycles. The van der Waals surface area contributed by atoms with E-state index in [1.807, 2.05) is 6.08 Å². The maximum Gasteiger partial charge on any atom is 0.144 e. The van der Waals surface area contributed by atoms with Crippen LogP contribution in [0.4, 0.5) is 0 Å². The fourth-order valence-electron chi connectivity index (χ4n) is 2.29. The van der Waals surface area contributed by atoms with Crippen LogP contribution in [0.2, 0.25) is 0 Å². The van der Waals surface area contributed by atoms with Crippen LogP contribution in [-0.4, -0.2) is 6.29 Å². The first-order valence-corrected chi connectivity index (χ1v) is 6.01. The van der Waals surface area contributed by atoms with Crippen LogP contribution in [-0.2, 0) is 4.79 Å². The van der Waals surface area contributed by atoms with Crippen LogP contribution in [0.25, 0.3) is 0 Å². The molecule has 0 saturated carbocycles. The number of carbonyl (C=O) groups is 1. The van der Waals surface area contributed by atoms with Gasteiger partial charge >= 0.3 is 0 Å². The highest BCUT2D eigenvalue weighted by atomic mass is 35.5. The van der Waals surface area contributed by atoms with Crippen molar-refractivity contribution in [3.05, 3.63) is 34.9 Å². The van der Waals surface area contributed by atoms with Gasteiger partial charge in [0.15, 0.2) is 0 Å². The van der Waals surface area contributed by atoms with Crippen molar-refractivity contribution in [2.24, 2.45) is 11.3 Å². The summed E-state index contributed by atoms with van der Waals surface area (Å²) < 4.78 is 0. The summed E-state index contributed by atoms with van der Waals surface area (Å²) in [6.07, 6.45) is 10.6. The van der Waals surface area contributed by atoms with E-state index in [2.05, 4.69) is 32.9 Å². The summed E-state index contributed by atoms with van der Waals surface area (Å²) in [6, 6.07) is 0. The highest BCUT2D eigenvalue weighted by molar-refractivity contribution is 6.32. The Morgan fingerprint density at radius 3 is 2.81 bits per heavy atom. The summed E-state index contributed by atoms with van der Waals surface area (Å²) in [4.78, 5) is 10.3. The second-order valence-electron chi connectivity index (χ2n) is 5.00. The summed E-state index contributed by atoms with van der Waals surface area (Å²) >= 11 is 5.86. The van der Waals surface area contributed by atoms with Gasteiger partial charge < -0.3 is 0 Å². The normalized spacial score (nSPS) is 25.6. The SMILES string of the molecule is CC1=CCCC(C)(C)C1/C=C/C(Cl)=C\C=O. The molecule has 0 saturated heterocycles. The van der Waals surface area contributed by atoms with Gasteiger partial charge in [-0.3, -0.25) is 4.79 Å². The summed E-state index contributed by atoms with van der Waals surface area (Å²) in [5.41, 5.74) is 1.66. The van der Waals surface area contributed by atoms with Crippen molar-refractivity contribution >= 4 is 17.9 Å². The molecule has 1 atom stereocenters. The van der Waals surface area contributed by atoms with E-state index in [4.69, 9.17) is 11.6 Å². The van der Waals surface area contributed by atoms with Crippen LogP contribution in [0.5, 0.6) is 0 Å². The second kappa shape index (κ2) is 5.49. The molecule has 0 aliphatic heterocycles. The number of carbonyl (C=O) groups excluding carboxylic acids is 1. The summed E-state index contributed by atoms with van der Waals surface area (Å²) in [6.45, 7) is 6.71. The second-order valence-corrected chi connectivity index (χ2v) is 5.44. The van der Waals surface area contributed by atoms with Crippen LogP contribution in [0.15, 0.2) is 34.9 Å². The van der Waals surface area contributed by atoms with Gasteiger partial charge in [0, 0.05) is 11.0 Å². The fraction of sp³-hybridized carbons (Fsp3) is 0.500. The third-order valence-electron chi connectivity index (χ3n) is 3.26. The Balaban J connectivity index is 2.85. The Labute approximate surface area is 103 Å². The van der Waals surface area contributed by atoms with Gasteiger partial charge in [-0.1, -0.05) is 43.2 Å². The van der Waals surface area contributed by atoms with E-state index in [1.54, 1.807) is 0 Å². The molecule has 1 rings (SSSR count). The van der Waals surface area contributed by atoms with Gasteiger partial charge in [-0.05, 0) is 37.3 Å². The van der Waals surface area contributed by atoms with E-state index >= 15 is 0 Å². The lowest BCUT2D eigenvalue weighted by molar-refractivity contribution is -0.104. The fourth-order valence-corrected chi connectivity index (χ4v) is 2.42. The smallest absolute Gasteiger partial charge is 0.144 e. The maximum atomic E-state index is 10.3. The molecule has 0 bridgehead atoms. The molecule has 2 heteroatoms. The van der Waals surface area contributed by atoms with Gasteiger partial charge in [0.1, 0.15) is 6.29 Å². The first kappa shape index (κ1) is 13.2. The molecular formula is C14H19ClO. The highest BCUT2D eigenvalue weighted by Gasteiger charge is 2.30. The number of hydrogen-bond acceptors (Lipinski definition) is 1. The Kier molecular flexibility index (Phi) is 4.55. The van der Waals surface area contributed by atoms with E-state index in [-0.39, 0.29) is 5.41 Å². The number of allylic oxidation sites excluding steroid dienone is 6. The Bertz CT molecular complexity index is 348. The third kappa shape index (κ3) is 3.34. The summed E-state index contributed by atoms with van der Waals surface area (Å²) in [7, 11) is 0. The molecule has 1 aliphatic carbocycles. The van der Waals surface area contributed by atoms with E-state index in [1.165, 1.54) is 18.1 Å². The molecular weight excluding hydrogens is 220 g/mol. The molecule has 1 nitrogen and oxygen atoms in total. The molecule has 0 radical (unpaired) electrons. The largest absolute Gasteiger partial charge is 0.299 e. The van der Waals surface area contributed by atoms with Gasteiger partial charge in [-0.15, -0.1) is 0 Å². The van der Waals surface area contributed by atoms with E-state index in [0.29, 0.717) is 17.2 Å². The van der Waals surface area contributed by atoms with Crippen molar-refractivity contribution in [1.82, 2.24) is 0 Å². The predicted molar refractivity (Wildman–Crippen MR) is 69.4 cm³/mol. The molecule has 88 valence electrons. The standard InChI is InChI=1S/C14H19ClO/c1-11-5-4-9-14(2,3)13(11)7-6-12(15)8-10-16/h5-8,10,13H,4,9H2,1-3H3/b7-6+,12-8+. The Hall–Kier alpha value is -0.820. The number of hydrogen-bond donors (Lipinski definition) is 0. The van der Waals surface area contributed by atoms with Crippen molar-refractivity contribution in [2.45, 2.75) is 33.6 Å². The van der Waals surface area contributed by atoms with Crippen LogP contribution in [0.1, 0.15) is 33.6 Å². The zero-order chi connectivity index (χ0) is 12.2. The van der Waals surface area contributed by atoms with E-state index < -0.39 is 0 Å². The number of aldehydes is 1. The van der Waals surface area contributed by atoms with Crippen molar-refractivity contribution in [3.63, 3.8) is 0 Å². The maximum absolute atomic E-state index is 10.3. The number of halogens is 1. The molecule has 0 heterocycles. The molecule has 16 heavy (non-hydrogen) atoms. The molecule has 0 aromatic rings. The van der Waals surface area contributed by atoms with Gasteiger partial charge in [0.2, 0.25) is 0 Å². The quantitative estimate of drug-likeness (QED) is 0.311. The molecule has 0 amide bonds. The van der Waals surface area contributed by atoms with E-state index in [0.717, 1.165) is 6.42 Å². The lowest BCUT2D eigenvalue weighted by Gasteiger charge is -2.36. The first-order valence-electron chi connectivity index (χ1n) is 5.63. The summed E-state index contributed by atoms with van der Waals surface area (Å²) in [5.74, 6) is 0.412. The van der Waals surface area contributed by atoms with Crippen LogP contribution in [0, 0.1) is 11.3 Å². The minimum Gasteiger partial charge on any atom is -0.299 e. The molecule has 0 aromatic carbocycles. The molecule has 1 unspecified atom stereocenters. The van der Waals surface area contributed by atoms with Gasteiger partial charge in [-0.2, -0.15) is 0 Å². The van der Waals surface area contributed by atoms with Gasteiger partial charge in [0.05, 0.1) is 0 Å². The Morgan fingerprint density at radius 1 is 1.56 bits per heavy atom. The average Bonchev–Trinajstić information content (AvgIpc) is 2.16. The first-order chi connectivity index (χ1) is 7.47. The van der Waals surface area contributed by atoms with Crippen LogP contribution in [0.3, 0.4) is 0 Å². The number of rotatable bonds is 3. The highest BCUT2D eigenvalue weighted by Crippen LogP contribution is 2.41. The van der Waals surface area contributed by atoms with Crippen LogP contribution >= 0.6 is 11.6 Å². The van der Waals surface area contributed by atoms with Crippen molar-refractivity contribution in [1.29, 1.82) is 0 Å².